The molecule has 0 aliphatic heterocycles. The highest BCUT2D eigenvalue weighted by atomic mass is 31.1. The summed E-state index contributed by atoms with van der Waals surface area (Å²) in [5.41, 5.74) is 15.7. The normalized spacial score (nSPS) is 13.3. The lowest BCUT2D eigenvalue weighted by Crippen LogP contribution is -2.32. The van der Waals surface area contributed by atoms with Crippen LogP contribution >= 0.6 is 15.8 Å². The zero-order valence-electron chi connectivity index (χ0n) is 57.5. The van der Waals surface area contributed by atoms with Crippen LogP contribution < -0.4 is 50.8 Å². The van der Waals surface area contributed by atoms with Gasteiger partial charge in [-0.25, -0.2) is 0 Å². The molecular formula is C76H108O4P2. The molecule has 0 saturated carbocycles. The van der Waals surface area contributed by atoms with Crippen LogP contribution in [0.1, 0.15) is 233 Å². The average Bonchev–Trinajstić information content (AvgIpc) is 2.28. The summed E-state index contributed by atoms with van der Waals surface area (Å²) in [5, 5.41) is 7.97. The van der Waals surface area contributed by atoms with E-state index in [1.165, 1.54) is 110 Å². The summed E-state index contributed by atoms with van der Waals surface area (Å²) in [6.07, 6.45) is 0. The van der Waals surface area contributed by atoms with E-state index in [9.17, 15) is 0 Å². The molecule has 6 heteroatoms. The maximum absolute atomic E-state index is 6.54. The van der Waals surface area contributed by atoms with Crippen molar-refractivity contribution in [1.29, 1.82) is 0 Å². The second-order valence-corrected chi connectivity index (χ2v) is 36.3. The van der Waals surface area contributed by atoms with Crippen molar-refractivity contribution in [2.24, 2.45) is 0 Å². The highest BCUT2D eigenvalue weighted by Crippen LogP contribution is 2.52. The van der Waals surface area contributed by atoms with Crippen molar-refractivity contribution in [3.8, 4) is 34.1 Å². The second kappa shape index (κ2) is 23.0. The van der Waals surface area contributed by atoms with Crippen LogP contribution in [0.15, 0.2) is 72.8 Å². The number of benzene rings is 6. The van der Waals surface area contributed by atoms with Gasteiger partial charge in [0.05, 0.1) is 28.4 Å². The number of hydrogen-bond acceptors (Lipinski definition) is 4. The van der Waals surface area contributed by atoms with Crippen molar-refractivity contribution in [3.05, 3.63) is 140 Å². The van der Waals surface area contributed by atoms with Gasteiger partial charge in [-0.05, 0) is 189 Å². The summed E-state index contributed by atoms with van der Waals surface area (Å²) in [6.45, 7) is 65.4. The Bertz CT molecular complexity index is 2820. The maximum atomic E-state index is 6.54. The van der Waals surface area contributed by atoms with Gasteiger partial charge in [0.25, 0.3) is 0 Å². The van der Waals surface area contributed by atoms with E-state index in [2.05, 4.69) is 267 Å². The molecule has 6 aromatic carbocycles. The third kappa shape index (κ3) is 13.6. The summed E-state index contributed by atoms with van der Waals surface area (Å²) < 4.78 is 26.2. The number of hydrogen-bond donors (Lipinski definition) is 0. The smallest absolute Gasteiger partial charge is 0.126 e. The maximum Gasteiger partial charge on any atom is 0.126 e. The minimum Gasteiger partial charge on any atom is -0.496 e. The molecule has 0 aliphatic carbocycles. The molecule has 82 heavy (non-hydrogen) atoms. The van der Waals surface area contributed by atoms with Crippen molar-refractivity contribution in [2.75, 3.05) is 28.4 Å². The van der Waals surface area contributed by atoms with Crippen LogP contribution in [0.4, 0.5) is 0 Å². The fourth-order valence-electron chi connectivity index (χ4n) is 12.1. The minimum atomic E-state index is -1.30. The fraction of sp³-hybridized carbons (Fsp3) is 0.526. The van der Waals surface area contributed by atoms with E-state index >= 15 is 0 Å². The van der Waals surface area contributed by atoms with Gasteiger partial charge in [0, 0.05) is 44.5 Å². The Morgan fingerprint density at radius 3 is 0.537 bits per heavy atom. The van der Waals surface area contributed by atoms with Gasteiger partial charge in [0.15, 0.2) is 0 Å². The Morgan fingerprint density at radius 1 is 0.244 bits per heavy atom. The van der Waals surface area contributed by atoms with Gasteiger partial charge in [-0.3, -0.25) is 0 Å². The number of aryl methyl sites for hydroxylation is 4. The van der Waals surface area contributed by atoms with Crippen LogP contribution in [-0.4, -0.2) is 28.4 Å². The van der Waals surface area contributed by atoms with Gasteiger partial charge in [-0.15, -0.1) is 0 Å². The molecule has 0 N–H and O–H groups in total. The molecule has 6 rings (SSSR count). The molecule has 0 atom stereocenters. The van der Waals surface area contributed by atoms with Crippen LogP contribution in [0.2, 0.25) is 0 Å². The largest absolute Gasteiger partial charge is 0.496 e. The second-order valence-electron chi connectivity index (χ2n) is 31.9. The molecular weight excluding hydrogens is 1040 g/mol. The molecule has 446 valence electrons. The predicted molar refractivity (Wildman–Crippen MR) is 364 cm³/mol. The lowest BCUT2D eigenvalue weighted by molar-refractivity contribution is 0.381. The molecule has 0 bridgehead atoms. The molecule has 0 spiro atoms. The van der Waals surface area contributed by atoms with Crippen molar-refractivity contribution in [1.82, 2.24) is 0 Å². The summed E-state index contributed by atoms with van der Waals surface area (Å²) >= 11 is 0. The van der Waals surface area contributed by atoms with E-state index in [-0.39, 0.29) is 43.3 Å². The summed E-state index contributed by atoms with van der Waals surface area (Å²) in [6, 6.07) is 30.2. The standard InChI is InChI=1S/C76H108O4P2/c1-45-33-47(3)63(61(35-45)81(49-37-53(69(5,6)7)65(77-29)54(38-49)70(8,9)10)50-39-55(71(11,12)13)66(78-30)56(40-50)72(14,15)16)64-48(4)34-46(2)36-62(64)82(51-41-57(73(17,18)19)67(79-31)58(42-51)74(20,21)22)52-43-59(75(23,24)25)68(80-32)60(44-52)76(26,27)28/h33-44H,1-32H3. The van der Waals surface area contributed by atoms with Crippen molar-refractivity contribution in [3.63, 3.8) is 0 Å². The van der Waals surface area contributed by atoms with E-state index in [0.29, 0.717) is 0 Å². The Hall–Kier alpha value is -4.62. The predicted octanol–water partition coefficient (Wildman–Crippen LogP) is 18.5. The molecule has 0 amide bonds. The Balaban J connectivity index is 2.01. The minimum absolute atomic E-state index is 0.219. The molecule has 6 aromatic rings. The van der Waals surface area contributed by atoms with Gasteiger partial charge in [0.2, 0.25) is 0 Å². The highest BCUT2D eigenvalue weighted by Gasteiger charge is 2.38. The molecule has 0 saturated heterocycles. The zero-order chi connectivity index (χ0) is 62.3. The molecule has 0 radical (unpaired) electrons. The zero-order valence-corrected chi connectivity index (χ0v) is 59.2. The van der Waals surface area contributed by atoms with E-state index in [0.717, 1.165) is 23.0 Å². The van der Waals surface area contributed by atoms with E-state index in [1.807, 2.05) is 28.4 Å². The van der Waals surface area contributed by atoms with Crippen LogP contribution in [0.5, 0.6) is 23.0 Å². The molecule has 0 heterocycles. The Kier molecular flexibility index (Phi) is 18.7. The quantitative estimate of drug-likeness (QED) is 0.121. The topological polar surface area (TPSA) is 36.9 Å². The first-order valence-electron chi connectivity index (χ1n) is 30.0. The molecule has 0 aliphatic rings. The average molecular weight is 1150 g/mol. The van der Waals surface area contributed by atoms with E-state index in [4.69, 9.17) is 18.9 Å². The lowest BCUT2D eigenvalue weighted by Gasteiger charge is -2.36. The Labute approximate surface area is 503 Å². The lowest BCUT2D eigenvalue weighted by atomic mass is 9.79. The van der Waals surface area contributed by atoms with Crippen LogP contribution in [0, 0.1) is 27.7 Å². The first-order valence-corrected chi connectivity index (χ1v) is 32.7. The van der Waals surface area contributed by atoms with Crippen molar-refractivity contribution < 1.29 is 18.9 Å². The summed E-state index contributed by atoms with van der Waals surface area (Å²) in [7, 11) is 4.81. The monoisotopic (exact) mass is 1150 g/mol. The third-order valence-corrected chi connectivity index (χ3v) is 21.0. The highest BCUT2D eigenvalue weighted by molar-refractivity contribution is 7.80. The third-order valence-electron chi connectivity index (χ3n) is 16.3. The summed E-state index contributed by atoms with van der Waals surface area (Å²) in [4.78, 5) is 0. The van der Waals surface area contributed by atoms with E-state index < -0.39 is 15.8 Å². The first kappa shape index (κ1) is 66.5. The van der Waals surface area contributed by atoms with E-state index in [1.54, 1.807) is 0 Å². The van der Waals surface area contributed by atoms with Crippen LogP contribution in [0.3, 0.4) is 0 Å². The summed E-state index contributed by atoms with van der Waals surface area (Å²) in [5.74, 6) is 3.92. The molecule has 0 aromatic heterocycles. The van der Waals surface area contributed by atoms with Crippen LogP contribution in [-0.2, 0) is 43.3 Å². The molecule has 4 nitrogen and oxygen atoms in total. The number of rotatable bonds is 11. The number of methoxy groups -OCH3 is 4. The van der Waals surface area contributed by atoms with Crippen molar-refractivity contribution >= 4 is 47.7 Å². The van der Waals surface area contributed by atoms with Crippen molar-refractivity contribution in [2.45, 2.75) is 237 Å². The SMILES string of the molecule is COc1c(C(C)(C)C)cc(P(c2cc(C(C)(C)C)c(OC)c(C(C)(C)C)c2)c2cc(C)cc(C)c2-c2c(C)cc(C)cc2P(c2cc(C(C)(C)C)c(OC)c(C(C)(C)C)c2)c2cc(C(C)(C)C)c(OC)c(C(C)(C)C)c2)cc1C(C)(C)C. The number of ether oxygens (including phenoxy) is 4. The van der Waals surface area contributed by atoms with Gasteiger partial charge in [0.1, 0.15) is 23.0 Å². The molecule has 0 unspecified atom stereocenters. The van der Waals surface area contributed by atoms with Gasteiger partial charge < -0.3 is 18.9 Å². The van der Waals surface area contributed by atoms with Gasteiger partial charge in [-0.1, -0.05) is 202 Å². The first-order chi connectivity index (χ1) is 37.2. The van der Waals surface area contributed by atoms with Gasteiger partial charge in [-0.2, -0.15) is 0 Å². The fourth-order valence-corrected chi connectivity index (χ4v) is 17.5. The van der Waals surface area contributed by atoms with Crippen LogP contribution in [0.25, 0.3) is 11.1 Å². The van der Waals surface area contributed by atoms with Gasteiger partial charge >= 0.3 is 0 Å². The Morgan fingerprint density at radius 2 is 0.402 bits per heavy atom. The molecule has 0 fully saturated rings.